The van der Waals surface area contributed by atoms with Crippen LogP contribution in [0.3, 0.4) is 0 Å². The van der Waals surface area contributed by atoms with Gasteiger partial charge < -0.3 is 15.2 Å². The van der Waals surface area contributed by atoms with Gasteiger partial charge in [-0.3, -0.25) is 4.79 Å². The number of carbonyl (C=O) groups is 2. The predicted octanol–water partition coefficient (Wildman–Crippen LogP) is 3.57. The number of carboxylic acid groups (broad SMARTS) is 1. The van der Waals surface area contributed by atoms with Crippen LogP contribution in [0.1, 0.15) is 56.9 Å². The number of nitrogens with one attached hydrogen (secondary N) is 1. The normalized spacial score (nSPS) is 11.5. The van der Waals surface area contributed by atoms with E-state index in [4.69, 9.17) is 11.2 Å². The molecule has 0 saturated heterocycles. The Morgan fingerprint density at radius 1 is 1.04 bits per heavy atom. The lowest BCUT2D eigenvalue weighted by molar-refractivity contribution is -0.141. The van der Waals surface area contributed by atoms with Crippen molar-refractivity contribution >= 4 is 11.9 Å². The topological polar surface area (TPSA) is 75.6 Å². The second-order valence-electron chi connectivity index (χ2n) is 6.63. The van der Waals surface area contributed by atoms with Gasteiger partial charge in [0.1, 0.15) is 12.6 Å². The summed E-state index contributed by atoms with van der Waals surface area (Å²) in [6, 6.07) is 8.45. The molecule has 148 valence electrons. The van der Waals surface area contributed by atoms with Crippen LogP contribution in [0.2, 0.25) is 0 Å². The molecule has 5 nitrogen and oxygen atoms in total. The second kappa shape index (κ2) is 14.8. The third-order valence-electron chi connectivity index (χ3n) is 4.29. The molecule has 0 fully saturated rings. The van der Waals surface area contributed by atoms with Crippen molar-refractivity contribution < 1.29 is 19.4 Å². The zero-order chi connectivity index (χ0) is 19.7. The molecule has 2 N–H and O–H groups in total. The summed E-state index contributed by atoms with van der Waals surface area (Å²) in [4.78, 5) is 23.4. The zero-order valence-electron chi connectivity index (χ0n) is 16.0. The average molecular weight is 373 g/mol. The first kappa shape index (κ1) is 22.7. The molecule has 0 unspecified atom stereocenters. The van der Waals surface area contributed by atoms with Crippen LogP contribution in [0.25, 0.3) is 0 Å². The van der Waals surface area contributed by atoms with Crippen LogP contribution in [-0.2, 0) is 20.7 Å². The molecular formula is C22H31NO4. The third-order valence-corrected chi connectivity index (χ3v) is 4.29. The molecular weight excluding hydrogens is 342 g/mol. The highest BCUT2D eigenvalue weighted by Crippen LogP contribution is 2.09. The van der Waals surface area contributed by atoms with Crippen LogP contribution in [0, 0.1) is 12.3 Å². The number of carbonyl (C=O) groups excluding carboxylic acids is 1. The first-order valence-corrected chi connectivity index (χ1v) is 9.70. The molecule has 0 aromatic heterocycles. The van der Waals surface area contributed by atoms with E-state index in [1.807, 2.05) is 30.3 Å². The molecule has 27 heavy (non-hydrogen) atoms. The molecule has 1 atom stereocenters. The van der Waals surface area contributed by atoms with Crippen molar-refractivity contribution in [2.75, 3.05) is 13.2 Å². The van der Waals surface area contributed by atoms with Crippen LogP contribution < -0.4 is 5.32 Å². The van der Waals surface area contributed by atoms with Crippen LogP contribution in [-0.4, -0.2) is 36.2 Å². The number of amides is 1. The molecule has 0 heterocycles. The number of benzene rings is 1. The predicted molar refractivity (Wildman–Crippen MR) is 106 cm³/mol. The highest BCUT2D eigenvalue weighted by molar-refractivity contribution is 5.83. The number of hydrogen-bond donors (Lipinski definition) is 2. The largest absolute Gasteiger partial charge is 0.480 e. The lowest BCUT2D eigenvalue weighted by Crippen LogP contribution is -2.42. The van der Waals surface area contributed by atoms with Gasteiger partial charge in [0.15, 0.2) is 0 Å². The SMILES string of the molecule is C#CCOCCCCCCCCCC(=O)N[C@@H](Cc1ccccc1)C(=O)O. The van der Waals surface area contributed by atoms with Crippen molar-refractivity contribution in [3.63, 3.8) is 0 Å². The fraction of sp³-hybridized carbons (Fsp3) is 0.545. The van der Waals surface area contributed by atoms with E-state index in [9.17, 15) is 14.7 Å². The third kappa shape index (κ3) is 11.8. The van der Waals surface area contributed by atoms with Gasteiger partial charge in [-0.1, -0.05) is 68.4 Å². The van der Waals surface area contributed by atoms with Crippen molar-refractivity contribution in [3.8, 4) is 12.3 Å². The number of unbranched alkanes of at least 4 members (excludes halogenated alkanes) is 6. The quantitative estimate of drug-likeness (QED) is 0.364. The number of aliphatic carboxylic acids is 1. The van der Waals surface area contributed by atoms with Crippen molar-refractivity contribution in [2.24, 2.45) is 0 Å². The van der Waals surface area contributed by atoms with Gasteiger partial charge in [-0.15, -0.1) is 6.42 Å². The number of terminal acetylenes is 1. The maximum Gasteiger partial charge on any atom is 0.326 e. The van der Waals surface area contributed by atoms with E-state index in [0.717, 1.165) is 57.1 Å². The fourth-order valence-corrected chi connectivity index (χ4v) is 2.82. The van der Waals surface area contributed by atoms with Crippen LogP contribution in [0.15, 0.2) is 30.3 Å². The zero-order valence-corrected chi connectivity index (χ0v) is 16.0. The Bertz CT molecular complexity index is 580. The fourth-order valence-electron chi connectivity index (χ4n) is 2.82. The van der Waals surface area contributed by atoms with E-state index in [0.29, 0.717) is 19.4 Å². The summed E-state index contributed by atoms with van der Waals surface area (Å²) in [5.41, 5.74) is 0.898. The standard InChI is InChI=1S/C22H31NO4/c1-2-16-27-17-12-7-5-3-4-6-11-15-21(24)23-20(22(25)26)18-19-13-9-8-10-14-19/h1,8-10,13-14,20H,3-7,11-12,15-18H2,(H,23,24)(H,25,26)/t20-/m0/s1. The van der Waals surface area contributed by atoms with Gasteiger partial charge in [0, 0.05) is 19.4 Å². The molecule has 0 aliphatic rings. The Morgan fingerprint density at radius 3 is 2.30 bits per heavy atom. The van der Waals surface area contributed by atoms with Gasteiger partial charge in [-0.25, -0.2) is 4.79 Å². The number of hydrogen-bond acceptors (Lipinski definition) is 3. The van der Waals surface area contributed by atoms with Gasteiger partial charge >= 0.3 is 5.97 Å². The van der Waals surface area contributed by atoms with Gasteiger partial charge in [0.2, 0.25) is 5.91 Å². The van der Waals surface area contributed by atoms with Crippen molar-refractivity contribution in [1.82, 2.24) is 5.32 Å². The van der Waals surface area contributed by atoms with Gasteiger partial charge in [0.25, 0.3) is 0 Å². The van der Waals surface area contributed by atoms with E-state index >= 15 is 0 Å². The number of rotatable bonds is 15. The highest BCUT2D eigenvalue weighted by Gasteiger charge is 2.19. The van der Waals surface area contributed by atoms with Crippen LogP contribution >= 0.6 is 0 Å². The lowest BCUT2D eigenvalue weighted by Gasteiger charge is -2.14. The molecule has 1 amide bonds. The monoisotopic (exact) mass is 373 g/mol. The Labute approximate surface area is 162 Å². The Kier molecular flexibility index (Phi) is 12.5. The number of carboxylic acids is 1. The van der Waals surface area contributed by atoms with E-state index in [2.05, 4.69) is 11.2 Å². The first-order chi connectivity index (χ1) is 13.1. The maximum atomic E-state index is 12.0. The molecule has 5 heteroatoms. The molecule has 0 bridgehead atoms. The summed E-state index contributed by atoms with van der Waals surface area (Å²) >= 11 is 0. The van der Waals surface area contributed by atoms with E-state index in [1.165, 1.54) is 0 Å². The molecule has 0 saturated carbocycles. The van der Waals surface area contributed by atoms with Crippen LogP contribution in [0.5, 0.6) is 0 Å². The molecule has 0 aliphatic heterocycles. The molecule has 0 spiro atoms. The summed E-state index contributed by atoms with van der Waals surface area (Å²) < 4.78 is 5.22. The maximum absolute atomic E-state index is 12.0. The minimum atomic E-state index is -1.00. The van der Waals surface area contributed by atoms with E-state index < -0.39 is 12.0 Å². The van der Waals surface area contributed by atoms with Gasteiger partial charge in [-0.05, 0) is 18.4 Å². The second-order valence-corrected chi connectivity index (χ2v) is 6.63. The lowest BCUT2D eigenvalue weighted by atomic mass is 10.1. The molecule has 1 aromatic rings. The van der Waals surface area contributed by atoms with Crippen LogP contribution in [0.4, 0.5) is 0 Å². The van der Waals surface area contributed by atoms with Gasteiger partial charge in [0.05, 0.1) is 0 Å². The van der Waals surface area contributed by atoms with E-state index in [1.54, 1.807) is 0 Å². The van der Waals surface area contributed by atoms with E-state index in [-0.39, 0.29) is 5.91 Å². The Morgan fingerprint density at radius 2 is 1.67 bits per heavy atom. The molecule has 1 rings (SSSR count). The Balaban J connectivity index is 2.08. The highest BCUT2D eigenvalue weighted by atomic mass is 16.5. The summed E-state index contributed by atoms with van der Waals surface area (Å²) in [5, 5.41) is 11.9. The minimum Gasteiger partial charge on any atom is -0.480 e. The molecule has 1 aromatic carbocycles. The minimum absolute atomic E-state index is 0.191. The van der Waals surface area contributed by atoms with Crippen molar-refractivity contribution in [1.29, 1.82) is 0 Å². The number of ether oxygens (including phenoxy) is 1. The molecule has 0 radical (unpaired) electrons. The molecule has 0 aliphatic carbocycles. The average Bonchev–Trinajstić information content (AvgIpc) is 2.66. The Hall–Kier alpha value is -2.32. The summed E-state index contributed by atoms with van der Waals surface area (Å²) in [7, 11) is 0. The van der Waals surface area contributed by atoms with Crippen molar-refractivity contribution in [3.05, 3.63) is 35.9 Å². The first-order valence-electron chi connectivity index (χ1n) is 9.70. The smallest absolute Gasteiger partial charge is 0.326 e. The van der Waals surface area contributed by atoms with Crippen molar-refractivity contribution in [2.45, 2.75) is 63.8 Å². The van der Waals surface area contributed by atoms with Gasteiger partial charge in [-0.2, -0.15) is 0 Å². The summed E-state index contributed by atoms with van der Waals surface area (Å²) in [6.07, 6.45) is 13.1. The summed E-state index contributed by atoms with van der Waals surface area (Å²) in [6.45, 7) is 1.11. The summed E-state index contributed by atoms with van der Waals surface area (Å²) in [5.74, 6) is 1.25.